The Hall–Kier alpha value is -2.62. The molecule has 0 saturated carbocycles. The predicted molar refractivity (Wildman–Crippen MR) is 89.5 cm³/mol. The number of nitrogens with zero attached hydrogens (tertiary/aromatic N) is 1. The molecule has 23 heavy (non-hydrogen) atoms. The zero-order valence-corrected chi connectivity index (χ0v) is 13.1. The first-order chi connectivity index (χ1) is 11.2. The second-order valence-electron chi connectivity index (χ2n) is 5.57. The van der Waals surface area contributed by atoms with Crippen molar-refractivity contribution in [3.8, 4) is 0 Å². The van der Waals surface area contributed by atoms with E-state index in [9.17, 15) is 9.18 Å². The fourth-order valence-corrected chi connectivity index (χ4v) is 2.78. The van der Waals surface area contributed by atoms with Crippen LogP contribution < -0.4 is 0 Å². The van der Waals surface area contributed by atoms with E-state index in [0.717, 1.165) is 22.0 Å². The third-order valence-electron chi connectivity index (χ3n) is 4.01. The fraction of sp³-hybridized carbons (Fsp3) is 0.211. The minimum Gasteiger partial charge on any atom is -0.361 e. The maximum absolute atomic E-state index is 13.3. The number of hydrogen-bond donors (Lipinski definition) is 1. The molecule has 1 heterocycles. The Morgan fingerprint density at radius 2 is 2.00 bits per heavy atom. The van der Waals surface area contributed by atoms with Crippen LogP contribution in [0.25, 0.3) is 10.9 Å². The van der Waals surface area contributed by atoms with Crippen LogP contribution >= 0.6 is 0 Å². The summed E-state index contributed by atoms with van der Waals surface area (Å²) in [7, 11) is 0. The van der Waals surface area contributed by atoms with E-state index in [0.29, 0.717) is 19.5 Å². The standard InChI is InChI=1S/C19H19FN2O/c1-2-22(13-14-6-5-7-16(20)10-14)19(23)11-15-12-21-18-9-4-3-8-17(15)18/h3-10,12,21H,2,11,13H2,1H3. The highest BCUT2D eigenvalue weighted by atomic mass is 19.1. The third-order valence-corrected chi connectivity index (χ3v) is 4.01. The van der Waals surface area contributed by atoms with Gasteiger partial charge in [0, 0.05) is 30.2 Å². The number of aromatic nitrogens is 1. The number of benzene rings is 2. The van der Waals surface area contributed by atoms with E-state index >= 15 is 0 Å². The van der Waals surface area contributed by atoms with Gasteiger partial charge in [0.15, 0.2) is 0 Å². The van der Waals surface area contributed by atoms with Crippen molar-refractivity contribution in [3.05, 3.63) is 71.7 Å². The van der Waals surface area contributed by atoms with Gasteiger partial charge in [-0.1, -0.05) is 30.3 Å². The van der Waals surface area contributed by atoms with Gasteiger partial charge >= 0.3 is 0 Å². The second-order valence-corrected chi connectivity index (χ2v) is 5.57. The predicted octanol–water partition coefficient (Wildman–Crippen LogP) is 3.90. The lowest BCUT2D eigenvalue weighted by Gasteiger charge is -2.21. The molecule has 1 N–H and O–H groups in total. The molecule has 0 unspecified atom stereocenters. The van der Waals surface area contributed by atoms with E-state index < -0.39 is 0 Å². The number of para-hydroxylation sites is 1. The quantitative estimate of drug-likeness (QED) is 0.762. The Labute approximate surface area is 134 Å². The molecule has 0 aliphatic heterocycles. The molecule has 4 heteroatoms. The number of halogens is 1. The van der Waals surface area contributed by atoms with Gasteiger partial charge in [-0.15, -0.1) is 0 Å². The van der Waals surface area contributed by atoms with E-state index in [1.807, 2.05) is 43.5 Å². The van der Waals surface area contributed by atoms with E-state index in [1.54, 1.807) is 11.0 Å². The summed E-state index contributed by atoms with van der Waals surface area (Å²) in [4.78, 5) is 17.5. The van der Waals surface area contributed by atoms with Crippen molar-refractivity contribution >= 4 is 16.8 Å². The molecule has 0 fully saturated rings. The van der Waals surface area contributed by atoms with Crippen molar-refractivity contribution in [3.63, 3.8) is 0 Å². The topological polar surface area (TPSA) is 36.1 Å². The molecular weight excluding hydrogens is 291 g/mol. The molecule has 1 aromatic heterocycles. The monoisotopic (exact) mass is 310 g/mol. The third kappa shape index (κ3) is 3.42. The number of nitrogens with one attached hydrogen (secondary N) is 1. The number of carbonyl (C=O) groups is 1. The summed E-state index contributed by atoms with van der Waals surface area (Å²) in [5, 5.41) is 1.07. The van der Waals surface area contributed by atoms with Crippen LogP contribution in [0.15, 0.2) is 54.7 Å². The highest BCUT2D eigenvalue weighted by molar-refractivity contribution is 5.88. The van der Waals surface area contributed by atoms with Gasteiger partial charge in [0.25, 0.3) is 0 Å². The molecule has 2 aromatic carbocycles. The molecule has 0 radical (unpaired) electrons. The number of rotatable bonds is 5. The lowest BCUT2D eigenvalue weighted by Crippen LogP contribution is -2.31. The Morgan fingerprint density at radius 1 is 1.17 bits per heavy atom. The number of hydrogen-bond acceptors (Lipinski definition) is 1. The van der Waals surface area contributed by atoms with Crippen molar-refractivity contribution in [1.82, 2.24) is 9.88 Å². The van der Waals surface area contributed by atoms with Gasteiger partial charge in [-0.25, -0.2) is 4.39 Å². The fourth-order valence-electron chi connectivity index (χ4n) is 2.78. The summed E-state index contributed by atoms with van der Waals surface area (Å²) in [5.74, 6) is -0.232. The molecule has 0 bridgehead atoms. The Bertz CT molecular complexity index is 825. The first-order valence-corrected chi connectivity index (χ1v) is 7.74. The summed E-state index contributed by atoms with van der Waals surface area (Å²) >= 11 is 0. The van der Waals surface area contributed by atoms with Crippen molar-refractivity contribution in [1.29, 1.82) is 0 Å². The van der Waals surface area contributed by atoms with Crippen LogP contribution in [0, 0.1) is 5.82 Å². The average Bonchev–Trinajstić information content (AvgIpc) is 2.96. The molecule has 3 aromatic rings. The summed E-state index contributed by atoms with van der Waals surface area (Å²) < 4.78 is 13.3. The van der Waals surface area contributed by atoms with Crippen LogP contribution in [0.2, 0.25) is 0 Å². The lowest BCUT2D eigenvalue weighted by molar-refractivity contribution is -0.130. The van der Waals surface area contributed by atoms with Crippen molar-refractivity contribution in [2.45, 2.75) is 19.9 Å². The second kappa shape index (κ2) is 6.65. The van der Waals surface area contributed by atoms with Crippen LogP contribution in [-0.4, -0.2) is 22.3 Å². The zero-order chi connectivity index (χ0) is 16.2. The van der Waals surface area contributed by atoms with Gasteiger partial charge in [0.05, 0.1) is 6.42 Å². The highest BCUT2D eigenvalue weighted by Crippen LogP contribution is 2.19. The maximum Gasteiger partial charge on any atom is 0.227 e. The van der Waals surface area contributed by atoms with Crippen molar-refractivity contribution < 1.29 is 9.18 Å². The molecule has 3 nitrogen and oxygen atoms in total. The normalized spacial score (nSPS) is 10.9. The molecule has 0 atom stereocenters. The molecule has 0 aliphatic carbocycles. The van der Waals surface area contributed by atoms with Crippen LogP contribution in [-0.2, 0) is 17.8 Å². The van der Waals surface area contributed by atoms with Crippen molar-refractivity contribution in [2.75, 3.05) is 6.54 Å². The molecule has 1 amide bonds. The summed E-state index contributed by atoms with van der Waals surface area (Å²) in [6, 6.07) is 14.3. The van der Waals surface area contributed by atoms with Crippen LogP contribution in [0.5, 0.6) is 0 Å². The zero-order valence-electron chi connectivity index (χ0n) is 13.1. The number of fused-ring (bicyclic) bond motifs is 1. The van der Waals surface area contributed by atoms with E-state index in [4.69, 9.17) is 0 Å². The summed E-state index contributed by atoms with van der Waals surface area (Å²) in [6.07, 6.45) is 2.23. The SMILES string of the molecule is CCN(Cc1cccc(F)c1)C(=O)Cc1c[nH]c2ccccc12. The van der Waals surface area contributed by atoms with E-state index in [-0.39, 0.29) is 11.7 Å². The molecule has 3 rings (SSSR count). The summed E-state index contributed by atoms with van der Waals surface area (Å²) in [6.45, 7) is 2.96. The Balaban J connectivity index is 1.75. The van der Waals surface area contributed by atoms with Crippen LogP contribution in [0.3, 0.4) is 0 Å². The summed E-state index contributed by atoms with van der Waals surface area (Å²) in [5.41, 5.74) is 2.82. The van der Waals surface area contributed by atoms with Gasteiger partial charge in [-0.2, -0.15) is 0 Å². The van der Waals surface area contributed by atoms with E-state index in [2.05, 4.69) is 4.98 Å². The van der Waals surface area contributed by atoms with Crippen LogP contribution in [0.4, 0.5) is 4.39 Å². The largest absolute Gasteiger partial charge is 0.361 e. The first kappa shape index (κ1) is 15.3. The number of aromatic amines is 1. The lowest BCUT2D eigenvalue weighted by atomic mass is 10.1. The number of carbonyl (C=O) groups excluding carboxylic acids is 1. The minimum absolute atomic E-state index is 0.0431. The number of H-pyrrole nitrogens is 1. The average molecular weight is 310 g/mol. The molecular formula is C19H19FN2O. The minimum atomic E-state index is -0.275. The smallest absolute Gasteiger partial charge is 0.227 e. The van der Waals surface area contributed by atoms with Crippen molar-refractivity contribution in [2.24, 2.45) is 0 Å². The Kier molecular flexibility index (Phi) is 4.42. The van der Waals surface area contributed by atoms with Gasteiger partial charge < -0.3 is 9.88 Å². The van der Waals surface area contributed by atoms with Gasteiger partial charge in [-0.05, 0) is 36.2 Å². The molecule has 0 aliphatic rings. The maximum atomic E-state index is 13.3. The molecule has 0 saturated heterocycles. The highest BCUT2D eigenvalue weighted by Gasteiger charge is 2.15. The molecule has 118 valence electrons. The molecule has 0 spiro atoms. The first-order valence-electron chi connectivity index (χ1n) is 7.74. The van der Waals surface area contributed by atoms with Crippen LogP contribution in [0.1, 0.15) is 18.1 Å². The van der Waals surface area contributed by atoms with Gasteiger partial charge in [0.2, 0.25) is 5.91 Å². The number of likely N-dealkylation sites (N-methyl/N-ethyl adjacent to an activating group) is 1. The van der Waals surface area contributed by atoms with Gasteiger partial charge in [-0.3, -0.25) is 4.79 Å². The van der Waals surface area contributed by atoms with E-state index in [1.165, 1.54) is 12.1 Å². The number of amides is 1. The van der Waals surface area contributed by atoms with Gasteiger partial charge in [0.1, 0.15) is 5.82 Å². The Morgan fingerprint density at radius 3 is 2.78 bits per heavy atom.